The van der Waals surface area contributed by atoms with Gasteiger partial charge < -0.3 is 5.11 Å². The zero-order valence-corrected chi connectivity index (χ0v) is 16.9. The lowest BCUT2D eigenvalue weighted by atomic mass is 9.77. The van der Waals surface area contributed by atoms with Crippen molar-refractivity contribution < 1.29 is 5.11 Å². The predicted molar refractivity (Wildman–Crippen MR) is 108 cm³/mol. The molecule has 4 unspecified atom stereocenters. The zero-order chi connectivity index (χ0) is 18.8. The van der Waals surface area contributed by atoms with E-state index < -0.39 is 0 Å². The van der Waals surface area contributed by atoms with E-state index in [1.165, 1.54) is 12.0 Å². The van der Waals surface area contributed by atoms with Gasteiger partial charge in [-0.3, -0.25) is 0 Å². The smallest absolute Gasteiger partial charge is 0.0888 e. The number of rotatable bonds is 5. The SMILES string of the molecule is C=CC1C(C#CC(C)CCC2=CCC(C(=C)O)C2)C(C)(C)CC1(C)C. The fraction of sp³-hybridized carbons (Fsp3) is 0.667. The Morgan fingerprint density at radius 3 is 2.60 bits per heavy atom. The Labute approximate surface area is 155 Å². The minimum Gasteiger partial charge on any atom is -0.513 e. The molecule has 1 N–H and O–H groups in total. The fourth-order valence-electron chi connectivity index (χ4n) is 5.04. The summed E-state index contributed by atoms with van der Waals surface area (Å²) < 4.78 is 0. The Balaban J connectivity index is 1.94. The average molecular weight is 341 g/mol. The first kappa shape index (κ1) is 19.9. The van der Waals surface area contributed by atoms with Crippen molar-refractivity contribution in [3.05, 3.63) is 36.6 Å². The van der Waals surface area contributed by atoms with Gasteiger partial charge in [-0.25, -0.2) is 0 Å². The molecule has 1 nitrogen and oxygen atoms in total. The molecule has 1 heteroatoms. The summed E-state index contributed by atoms with van der Waals surface area (Å²) in [6, 6.07) is 0. The zero-order valence-electron chi connectivity index (χ0n) is 16.9. The molecular weight excluding hydrogens is 304 g/mol. The lowest BCUT2D eigenvalue weighted by Gasteiger charge is -2.26. The van der Waals surface area contributed by atoms with Crippen molar-refractivity contribution in [3.63, 3.8) is 0 Å². The van der Waals surface area contributed by atoms with Crippen LogP contribution >= 0.6 is 0 Å². The highest BCUT2D eigenvalue weighted by atomic mass is 16.3. The Morgan fingerprint density at radius 2 is 2.04 bits per heavy atom. The quantitative estimate of drug-likeness (QED) is 0.336. The molecule has 0 saturated heterocycles. The number of hydrogen-bond acceptors (Lipinski definition) is 1. The topological polar surface area (TPSA) is 20.2 Å². The van der Waals surface area contributed by atoms with Gasteiger partial charge >= 0.3 is 0 Å². The summed E-state index contributed by atoms with van der Waals surface area (Å²) in [6.07, 6.45) is 9.70. The lowest BCUT2D eigenvalue weighted by Crippen LogP contribution is -2.21. The Hall–Kier alpha value is -1.42. The summed E-state index contributed by atoms with van der Waals surface area (Å²) in [5, 5.41) is 9.53. The van der Waals surface area contributed by atoms with Gasteiger partial charge in [0.15, 0.2) is 0 Å². The van der Waals surface area contributed by atoms with E-state index in [1.807, 2.05) is 0 Å². The minimum absolute atomic E-state index is 0.242. The van der Waals surface area contributed by atoms with Crippen LogP contribution in [0.3, 0.4) is 0 Å². The second kappa shape index (κ2) is 7.45. The van der Waals surface area contributed by atoms with Crippen molar-refractivity contribution in [3.8, 4) is 11.8 Å². The largest absolute Gasteiger partial charge is 0.513 e. The van der Waals surface area contributed by atoms with Crippen molar-refractivity contribution in [1.82, 2.24) is 0 Å². The summed E-state index contributed by atoms with van der Waals surface area (Å²) in [4.78, 5) is 0. The van der Waals surface area contributed by atoms with Gasteiger partial charge in [0.1, 0.15) is 0 Å². The van der Waals surface area contributed by atoms with Gasteiger partial charge in [-0.2, -0.15) is 0 Å². The van der Waals surface area contributed by atoms with Crippen LogP contribution in [0.1, 0.15) is 66.7 Å². The molecule has 25 heavy (non-hydrogen) atoms. The normalized spacial score (nSPS) is 30.9. The van der Waals surface area contributed by atoms with Crippen LogP contribution in [0.15, 0.2) is 36.6 Å². The van der Waals surface area contributed by atoms with Crippen LogP contribution in [-0.2, 0) is 0 Å². The molecule has 1 fully saturated rings. The molecule has 2 aliphatic rings. The van der Waals surface area contributed by atoms with Gasteiger partial charge in [-0.1, -0.05) is 70.8 Å². The third-order valence-electron chi connectivity index (χ3n) is 6.32. The van der Waals surface area contributed by atoms with Gasteiger partial charge in [0.2, 0.25) is 0 Å². The molecule has 0 spiro atoms. The first-order chi connectivity index (χ1) is 11.6. The van der Waals surface area contributed by atoms with E-state index in [2.05, 4.69) is 71.8 Å². The van der Waals surface area contributed by atoms with Gasteiger partial charge in [-0.05, 0) is 48.9 Å². The summed E-state index contributed by atoms with van der Waals surface area (Å²) >= 11 is 0. The van der Waals surface area contributed by atoms with Crippen LogP contribution in [0.4, 0.5) is 0 Å². The minimum atomic E-state index is 0.242. The molecule has 0 bridgehead atoms. The number of hydrogen-bond donors (Lipinski definition) is 1. The van der Waals surface area contributed by atoms with Crippen molar-refractivity contribution in [1.29, 1.82) is 0 Å². The van der Waals surface area contributed by atoms with Crippen molar-refractivity contribution >= 4 is 0 Å². The van der Waals surface area contributed by atoms with Gasteiger partial charge in [0, 0.05) is 17.8 Å². The molecule has 0 heterocycles. The highest BCUT2D eigenvalue weighted by Gasteiger charge is 2.50. The summed E-state index contributed by atoms with van der Waals surface area (Å²) in [7, 11) is 0. The van der Waals surface area contributed by atoms with Crippen LogP contribution in [0.25, 0.3) is 0 Å². The molecule has 4 atom stereocenters. The number of aliphatic hydroxyl groups is 1. The van der Waals surface area contributed by atoms with Gasteiger partial charge in [0.25, 0.3) is 0 Å². The standard InChI is InChI=1S/C24H36O/c1-8-21-22(24(6,7)16-23(21,4)5)14-10-17(2)9-11-19-12-13-20(15-19)18(3)25/h8,12,17,20-22,25H,1,3,9,11,13,15-16H2,2,4-7H3. The maximum absolute atomic E-state index is 9.53. The van der Waals surface area contributed by atoms with Crippen molar-refractivity contribution in [2.75, 3.05) is 0 Å². The first-order valence-corrected chi connectivity index (χ1v) is 9.76. The molecule has 2 rings (SSSR count). The molecule has 0 aromatic rings. The Morgan fingerprint density at radius 1 is 1.36 bits per heavy atom. The monoisotopic (exact) mass is 340 g/mol. The molecule has 0 aliphatic heterocycles. The molecule has 2 aliphatic carbocycles. The van der Waals surface area contributed by atoms with E-state index in [9.17, 15) is 5.11 Å². The fourth-order valence-corrected chi connectivity index (χ4v) is 5.04. The average Bonchev–Trinajstić information content (AvgIpc) is 3.02. The highest BCUT2D eigenvalue weighted by Crippen LogP contribution is 2.56. The third kappa shape index (κ3) is 4.60. The van der Waals surface area contributed by atoms with Crippen molar-refractivity contribution in [2.24, 2.45) is 34.5 Å². The molecule has 0 amide bonds. The molecule has 138 valence electrons. The molecule has 1 saturated carbocycles. The summed E-state index contributed by atoms with van der Waals surface area (Å²) in [5.41, 5.74) is 1.99. The van der Waals surface area contributed by atoms with E-state index in [0.717, 1.165) is 25.7 Å². The lowest BCUT2D eigenvalue weighted by molar-refractivity contribution is 0.282. The van der Waals surface area contributed by atoms with Crippen LogP contribution in [-0.4, -0.2) is 5.11 Å². The molecule has 0 aromatic heterocycles. The summed E-state index contributed by atoms with van der Waals surface area (Å²) in [5.74, 6) is 9.03. The Kier molecular flexibility index (Phi) is 5.93. The Bertz CT molecular complexity index is 608. The first-order valence-electron chi connectivity index (χ1n) is 9.76. The maximum Gasteiger partial charge on any atom is 0.0888 e. The van der Waals surface area contributed by atoms with E-state index in [0.29, 0.717) is 23.5 Å². The highest BCUT2D eigenvalue weighted by molar-refractivity contribution is 5.20. The van der Waals surface area contributed by atoms with Crippen LogP contribution < -0.4 is 0 Å². The van der Waals surface area contributed by atoms with Crippen LogP contribution in [0.5, 0.6) is 0 Å². The molecule has 0 aromatic carbocycles. The predicted octanol–water partition coefficient (Wildman–Crippen LogP) is 6.69. The maximum atomic E-state index is 9.53. The van der Waals surface area contributed by atoms with Crippen LogP contribution in [0, 0.1) is 46.3 Å². The van der Waals surface area contributed by atoms with E-state index >= 15 is 0 Å². The van der Waals surface area contributed by atoms with Gasteiger partial charge in [-0.15, -0.1) is 6.58 Å². The van der Waals surface area contributed by atoms with E-state index in [1.54, 1.807) is 0 Å². The third-order valence-corrected chi connectivity index (χ3v) is 6.32. The number of aliphatic hydroxyl groups excluding tert-OH is 1. The molecule has 0 radical (unpaired) electrons. The van der Waals surface area contributed by atoms with E-state index in [-0.39, 0.29) is 16.7 Å². The second-order valence-electron chi connectivity index (χ2n) is 9.61. The van der Waals surface area contributed by atoms with E-state index in [4.69, 9.17) is 0 Å². The number of allylic oxidation sites excluding steroid dienone is 4. The van der Waals surface area contributed by atoms with Crippen LogP contribution in [0.2, 0.25) is 0 Å². The molecular formula is C24H36O. The second-order valence-corrected chi connectivity index (χ2v) is 9.61. The van der Waals surface area contributed by atoms with Gasteiger partial charge in [0.05, 0.1) is 5.76 Å². The van der Waals surface area contributed by atoms with Crippen molar-refractivity contribution in [2.45, 2.75) is 66.7 Å². The summed E-state index contributed by atoms with van der Waals surface area (Å²) in [6.45, 7) is 19.4.